The van der Waals surface area contributed by atoms with Crippen LogP contribution in [0.4, 0.5) is 8.78 Å². The molecule has 0 aliphatic carbocycles. The van der Waals surface area contributed by atoms with Crippen molar-refractivity contribution in [2.75, 3.05) is 20.2 Å². The zero-order chi connectivity index (χ0) is 27.5. The number of nitrogens with zero attached hydrogens (tertiary/aromatic N) is 5. The number of rotatable bonds is 7. The number of thioether (sulfide) groups is 1. The molecule has 0 saturated carbocycles. The van der Waals surface area contributed by atoms with Crippen LogP contribution in [-0.4, -0.2) is 45.6 Å². The molecular formula is C29H25F2N5O2S. The minimum absolute atomic E-state index is 0.205. The molecule has 0 radical (unpaired) electrons. The SMILES string of the molecule is COC(=O)c1ccc2nc(CN3CC=C(c4ccc(F)c(SCc5ccc(C#N)cc5F)n4)CC3)n(C)c2c1. The zero-order valence-corrected chi connectivity index (χ0v) is 22.3. The van der Waals surface area contributed by atoms with Crippen molar-refractivity contribution < 1.29 is 18.3 Å². The van der Waals surface area contributed by atoms with Gasteiger partial charge in [-0.3, -0.25) is 4.90 Å². The lowest BCUT2D eigenvalue weighted by Crippen LogP contribution is -2.29. The summed E-state index contributed by atoms with van der Waals surface area (Å²) in [5.74, 6) is -0.231. The first-order valence-corrected chi connectivity index (χ1v) is 13.3. The quantitative estimate of drug-likeness (QED) is 0.224. The Labute approximate surface area is 228 Å². The fourth-order valence-corrected chi connectivity index (χ4v) is 5.39. The number of carbonyl (C=O) groups excluding carboxylic acids is 1. The highest BCUT2D eigenvalue weighted by Gasteiger charge is 2.19. The number of aryl methyl sites for hydroxylation is 1. The van der Waals surface area contributed by atoms with Crippen LogP contribution in [0.25, 0.3) is 16.6 Å². The molecule has 0 fully saturated rings. The van der Waals surface area contributed by atoms with E-state index in [1.54, 1.807) is 30.3 Å². The van der Waals surface area contributed by atoms with Crippen LogP contribution in [0.5, 0.6) is 0 Å². The number of hydrogen-bond acceptors (Lipinski definition) is 7. The largest absolute Gasteiger partial charge is 0.465 e. The lowest BCUT2D eigenvalue weighted by Gasteiger charge is -2.26. The Kier molecular flexibility index (Phi) is 7.72. The first kappa shape index (κ1) is 26.5. The van der Waals surface area contributed by atoms with Crippen LogP contribution >= 0.6 is 11.8 Å². The highest BCUT2D eigenvalue weighted by atomic mass is 32.2. The van der Waals surface area contributed by atoms with Crippen LogP contribution in [0.1, 0.15) is 39.4 Å². The lowest BCUT2D eigenvalue weighted by atomic mass is 10.0. The van der Waals surface area contributed by atoms with Crippen molar-refractivity contribution in [2.24, 2.45) is 7.05 Å². The highest BCUT2D eigenvalue weighted by molar-refractivity contribution is 7.98. The number of benzene rings is 2. The third-order valence-corrected chi connectivity index (χ3v) is 7.76. The number of halogens is 2. The molecule has 0 atom stereocenters. The number of ether oxygens (including phenoxy) is 1. The molecule has 2 aromatic heterocycles. The van der Waals surface area contributed by atoms with E-state index in [0.29, 0.717) is 29.9 Å². The van der Waals surface area contributed by atoms with Crippen LogP contribution in [0.3, 0.4) is 0 Å². The van der Waals surface area contributed by atoms with Gasteiger partial charge in [0.05, 0.1) is 47.6 Å². The molecule has 0 amide bonds. The molecule has 0 bridgehead atoms. The maximum absolute atomic E-state index is 14.5. The van der Waals surface area contributed by atoms with Gasteiger partial charge in [0.15, 0.2) is 5.82 Å². The van der Waals surface area contributed by atoms with E-state index < -0.39 is 11.6 Å². The number of fused-ring (bicyclic) bond motifs is 1. The fraction of sp³-hybridized carbons (Fsp3) is 0.241. The van der Waals surface area contributed by atoms with Gasteiger partial charge in [0, 0.05) is 25.9 Å². The van der Waals surface area contributed by atoms with Gasteiger partial charge in [-0.05, 0) is 60.0 Å². The molecule has 0 saturated heterocycles. The topological polar surface area (TPSA) is 84.0 Å². The van der Waals surface area contributed by atoms with Crippen LogP contribution < -0.4 is 0 Å². The number of aromatic nitrogens is 3. The molecule has 5 rings (SSSR count). The molecular weight excluding hydrogens is 520 g/mol. The summed E-state index contributed by atoms with van der Waals surface area (Å²) >= 11 is 1.13. The number of carbonyl (C=O) groups is 1. The lowest BCUT2D eigenvalue weighted by molar-refractivity contribution is 0.0601. The number of nitriles is 1. The Balaban J connectivity index is 1.26. The van der Waals surface area contributed by atoms with Gasteiger partial charge in [-0.15, -0.1) is 0 Å². The smallest absolute Gasteiger partial charge is 0.337 e. The third-order valence-electron chi connectivity index (χ3n) is 6.74. The normalized spacial score (nSPS) is 13.8. The maximum Gasteiger partial charge on any atom is 0.337 e. The highest BCUT2D eigenvalue weighted by Crippen LogP contribution is 2.29. The summed E-state index contributed by atoms with van der Waals surface area (Å²) < 4.78 is 35.5. The van der Waals surface area contributed by atoms with E-state index in [9.17, 15) is 13.6 Å². The van der Waals surface area contributed by atoms with Gasteiger partial charge in [-0.1, -0.05) is 23.9 Å². The predicted molar refractivity (Wildman–Crippen MR) is 145 cm³/mol. The van der Waals surface area contributed by atoms with E-state index in [0.717, 1.165) is 47.2 Å². The molecule has 3 heterocycles. The number of esters is 1. The summed E-state index contributed by atoms with van der Waals surface area (Å²) in [6, 6.07) is 14.6. The maximum atomic E-state index is 14.5. The first-order valence-electron chi connectivity index (χ1n) is 12.3. The van der Waals surface area contributed by atoms with E-state index in [1.165, 1.54) is 19.2 Å². The average Bonchev–Trinajstić information content (AvgIpc) is 3.27. The van der Waals surface area contributed by atoms with Crippen molar-refractivity contribution in [2.45, 2.75) is 23.7 Å². The summed E-state index contributed by atoms with van der Waals surface area (Å²) in [6.45, 7) is 2.10. The number of pyridine rings is 1. The van der Waals surface area contributed by atoms with Crippen LogP contribution in [0.2, 0.25) is 0 Å². The Hall–Kier alpha value is -4.07. The summed E-state index contributed by atoms with van der Waals surface area (Å²) in [5.41, 5.74) is 4.53. The molecule has 10 heteroatoms. The molecule has 2 aromatic carbocycles. The van der Waals surface area contributed by atoms with Gasteiger partial charge in [0.25, 0.3) is 0 Å². The Morgan fingerprint density at radius 1 is 1.13 bits per heavy atom. The second kappa shape index (κ2) is 11.4. The molecule has 7 nitrogen and oxygen atoms in total. The number of hydrogen-bond donors (Lipinski definition) is 0. The van der Waals surface area contributed by atoms with Gasteiger partial charge in [-0.25, -0.2) is 23.5 Å². The zero-order valence-electron chi connectivity index (χ0n) is 21.4. The van der Waals surface area contributed by atoms with E-state index in [1.807, 2.05) is 23.8 Å². The third kappa shape index (κ3) is 5.70. The Morgan fingerprint density at radius 3 is 2.69 bits per heavy atom. The van der Waals surface area contributed by atoms with Crippen molar-refractivity contribution >= 4 is 34.3 Å². The van der Waals surface area contributed by atoms with E-state index in [4.69, 9.17) is 15.0 Å². The second-order valence-corrected chi connectivity index (χ2v) is 10.2. The summed E-state index contributed by atoms with van der Waals surface area (Å²) in [4.78, 5) is 23.4. The van der Waals surface area contributed by atoms with Crippen molar-refractivity contribution in [3.8, 4) is 6.07 Å². The van der Waals surface area contributed by atoms with E-state index >= 15 is 0 Å². The van der Waals surface area contributed by atoms with Crippen LogP contribution in [-0.2, 0) is 24.1 Å². The van der Waals surface area contributed by atoms with Crippen LogP contribution in [0, 0.1) is 23.0 Å². The Morgan fingerprint density at radius 2 is 1.97 bits per heavy atom. The molecule has 0 unspecified atom stereocenters. The fourth-order valence-electron chi connectivity index (χ4n) is 4.50. The van der Waals surface area contributed by atoms with Gasteiger partial charge < -0.3 is 9.30 Å². The summed E-state index contributed by atoms with van der Waals surface area (Å²) in [6.07, 6.45) is 2.83. The molecule has 1 aliphatic heterocycles. The van der Waals surface area contributed by atoms with Crippen LogP contribution in [0.15, 0.2) is 59.6 Å². The minimum atomic E-state index is -0.488. The molecule has 0 N–H and O–H groups in total. The van der Waals surface area contributed by atoms with Crippen molar-refractivity contribution in [3.05, 3.63) is 94.5 Å². The van der Waals surface area contributed by atoms with Crippen molar-refractivity contribution in [3.63, 3.8) is 0 Å². The van der Waals surface area contributed by atoms with Gasteiger partial charge in [0.2, 0.25) is 0 Å². The standard InChI is InChI=1S/C29H25F2N5O2S/c1-35-26-14-20(29(37)38-2)5-7-25(26)33-27(35)16-36-11-9-19(10-12-36)24-8-6-22(30)28(34-24)39-17-21-4-3-18(15-32)13-23(21)31/h3-9,13-14H,10-12,16-17H2,1-2H3. The second-order valence-electron chi connectivity index (χ2n) is 9.19. The Bertz CT molecular complexity index is 1640. The monoisotopic (exact) mass is 545 g/mol. The summed E-state index contributed by atoms with van der Waals surface area (Å²) in [5, 5.41) is 9.12. The predicted octanol–water partition coefficient (Wildman–Crippen LogP) is 5.49. The minimum Gasteiger partial charge on any atom is -0.465 e. The number of methoxy groups -OCH3 is 1. The van der Waals surface area contributed by atoms with Crippen molar-refractivity contribution in [1.29, 1.82) is 5.26 Å². The van der Waals surface area contributed by atoms with E-state index in [2.05, 4.69) is 16.0 Å². The summed E-state index contributed by atoms with van der Waals surface area (Å²) in [7, 11) is 3.29. The van der Waals surface area contributed by atoms with Gasteiger partial charge >= 0.3 is 5.97 Å². The van der Waals surface area contributed by atoms with Gasteiger partial charge in [0.1, 0.15) is 16.7 Å². The van der Waals surface area contributed by atoms with Gasteiger partial charge in [-0.2, -0.15) is 5.26 Å². The van der Waals surface area contributed by atoms with Crippen molar-refractivity contribution in [1.82, 2.24) is 19.4 Å². The molecule has 0 spiro atoms. The number of imidazole rings is 1. The first-order chi connectivity index (χ1) is 18.9. The molecule has 198 valence electrons. The molecule has 1 aliphatic rings. The molecule has 39 heavy (non-hydrogen) atoms. The van der Waals surface area contributed by atoms with E-state index in [-0.39, 0.29) is 22.3 Å². The average molecular weight is 546 g/mol. The molecule has 4 aromatic rings.